The molecule has 0 radical (unpaired) electrons. The van der Waals surface area contributed by atoms with Crippen LogP contribution in [0.25, 0.3) is 0 Å². The van der Waals surface area contributed by atoms with Gasteiger partial charge in [-0.15, -0.1) is 11.8 Å². The number of anilines is 1. The summed E-state index contributed by atoms with van der Waals surface area (Å²) in [6.45, 7) is 11.2. The largest absolute Gasteiger partial charge is 0.384 e. The van der Waals surface area contributed by atoms with Gasteiger partial charge in [0.25, 0.3) is 0 Å². The van der Waals surface area contributed by atoms with Crippen molar-refractivity contribution in [3.05, 3.63) is 23.8 Å². The second-order valence-corrected chi connectivity index (χ2v) is 8.10. The second-order valence-electron chi connectivity index (χ2n) is 6.79. The van der Waals surface area contributed by atoms with Crippen LogP contribution in [0.3, 0.4) is 0 Å². The summed E-state index contributed by atoms with van der Waals surface area (Å²) in [5.74, 6) is 1.87. The molecule has 1 saturated heterocycles. The van der Waals surface area contributed by atoms with Crippen LogP contribution >= 0.6 is 11.8 Å². The molecule has 1 atom stereocenters. The Morgan fingerprint density at radius 2 is 2.14 bits per heavy atom. The average Bonchev–Trinajstić information content (AvgIpc) is 2.87. The molecule has 1 unspecified atom stereocenters. The van der Waals surface area contributed by atoms with E-state index in [2.05, 4.69) is 50.8 Å². The molecule has 0 aromatic heterocycles. The molecule has 4 heteroatoms. The van der Waals surface area contributed by atoms with Crippen LogP contribution in [0.5, 0.6) is 0 Å². The number of benzene rings is 1. The number of nitrogens with two attached hydrogens (primary N) is 1. The molecule has 1 aliphatic heterocycles. The Bertz CT molecular complexity index is 519. The molecule has 21 heavy (non-hydrogen) atoms. The lowest BCUT2D eigenvalue weighted by Crippen LogP contribution is -2.28. The van der Waals surface area contributed by atoms with Crippen molar-refractivity contribution in [1.82, 2.24) is 0 Å². The highest BCUT2D eigenvalue weighted by atomic mass is 32.2. The van der Waals surface area contributed by atoms with E-state index in [1.807, 2.05) is 0 Å². The van der Waals surface area contributed by atoms with Crippen LogP contribution in [-0.2, 0) is 0 Å². The number of amidine groups is 1. The summed E-state index contributed by atoms with van der Waals surface area (Å²) >= 11 is 1.76. The Balaban J connectivity index is 2.32. The molecule has 3 nitrogen and oxygen atoms in total. The zero-order valence-electron chi connectivity index (χ0n) is 13.6. The summed E-state index contributed by atoms with van der Waals surface area (Å²) in [7, 11) is 0. The van der Waals surface area contributed by atoms with Crippen molar-refractivity contribution in [3.8, 4) is 0 Å². The zero-order chi connectivity index (χ0) is 15.6. The van der Waals surface area contributed by atoms with E-state index >= 15 is 0 Å². The third-order valence-electron chi connectivity index (χ3n) is 4.33. The van der Waals surface area contributed by atoms with Crippen molar-refractivity contribution >= 4 is 23.3 Å². The molecule has 2 rings (SSSR count). The number of hydrogen-bond donors (Lipinski definition) is 2. The monoisotopic (exact) mass is 305 g/mol. The van der Waals surface area contributed by atoms with Crippen molar-refractivity contribution in [3.63, 3.8) is 0 Å². The van der Waals surface area contributed by atoms with Crippen molar-refractivity contribution in [1.29, 1.82) is 5.41 Å². The van der Waals surface area contributed by atoms with Gasteiger partial charge in [-0.25, -0.2) is 0 Å². The predicted octanol–water partition coefficient (Wildman–Crippen LogP) is 3.96. The molecular weight excluding hydrogens is 278 g/mol. The molecular formula is C17H27N3S. The van der Waals surface area contributed by atoms with Crippen molar-refractivity contribution in [2.24, 2.45) is 17.1 Å². The number of nitrogen functional groups attached to an aromatic ring is 1. The molecule has 1 aromatic rings. The minimum atomic E-state index is 0.181. The molecule has 3 N–H and O–H groups in total. The third kappa shape index (κ3) is 3.54. The Morgan fingerprint density at radius 3 is 2.67 bits per heavy atom. The average molecular weight is 305 g/mol. The first-order valence-electron chi connectivity index (χ1n) is 7.69. The van der Waals surface area contributed by atoms with Gasteiger partial charge in [-0.05, 0) is 35.6 Å². The number of nitrogens with zero attached hydrogens (tertiary/aromatic N) is 1. The first kappa shape index (κ1) is 16.2. The number of nitrogens with one attached hydrogen (secondary N) is 1. The lowest BCUT2D eigenvalue weighted by Gasteiger charge is -2.28. The van der Waals surface area contributed by atoms with Crippen molar-refractivity contribution in [2.45, 2.75) is 39.0 Å². The van der Waals surface area contributed by atoms with Crippen LogP contribution in [-0.4, -0.2) is 24.7 Å². The van der Waals surface area contributed by atoms with Gasteiger partial charge in [-0.1, -0.05) is 33.8 Å². The number of thioether (sulfide) groups is 1. The molecule has 0 aliphatic carbocycles. The molecule has 0 bridgehead atoms. The van der Waals surface area contributed by atoms with Crippen molar-refractivity contribution < 1.29 is 0 Å². The standard InChI is InChI=1S/C17H27N3S/c1-5-21-14-8-6-7-13(15(14)16(18)19)20-10-9-12(11-20)17(2,3)4/h6-8,12H,5,9-11H2,1-4H3,(H3,18,19). The molecule has 1 aliphatic rings. The Kier molecular flexibility index (Phi) is 4.87. The normalized spacial score (nSPS) is 19.0. The predicted molar refractivity (Wildman–Crippen MR) is 93.6 cm³/mol. The smallest absolute Gasteiger partial charge is 0.126 e. The van der Waals surface area contributed by atoms with Gasteiger partial charge in [0.2, 0.25) is 0 Å². The molecule has 0 amide bonds. The summed E-state index contributed by atoms with van der Waals surface area (Å²) in [6.07, 6.45) is 1.21. The minimum absolute atomic E-state index is 0.181. The molecule has 1 heterocycles. The molecule has 1 aromatic carbocycles. The topological polar surface area (TPSA) is 53.1 Å². The Labute approximate surface area is 132 Å². The Morgan fingerprint density at radius 1 is 1.43 bits per heavy atom. The summed E-state index contributed by atoms with van der Waals surface area (Å²) in [4.78, 5) is 3.54. The van der Waals surface area contributed by atoms with E-state index in [9.17, 15) is 0 Å². The van der Waals surface area contributed by atoms with Gasteiger partial charge in [0.1, 0.15) is 5.84 Å². The fraction of sp³-hybridized carbons (Fsp3) is 0.588. The number of rotatable bonds is 4. The maximum atomic E-state index is 7.97. The first-order chi connectivity index (χ1) is 9.84. The van der Waals surface area contributed by atoms with E-state index in [4.69, 9.17) is 11.1 Å². The SMILES string of the molecule is CCSc1cccc(N2CCC(C(C)(C)C)C2)c1C(=N)N. The summed E-state index contributed by atoms with van der Waals surface area (Å²) in [6, 6.07) is 6.28. The molecule has 116 valence electrons. The van der Waals surface area contributed by atoms with Gasteiger partial charge in [-0.2, -0.15) is 0 Å². The van der Waals surface area contributed by atoms with Crippen LogP contribution in [0.2, 0.25) is 0 Å². The van der Waals surface area contributed by atoms with Gasteiger partial charge in [0.05, 0.1) is 5.56 Å². The second kappa shape index (κ2) is 6.30. The van der Waals surface area contributed by atoms with Gasteiger partial charge in [-0.3, -0.25) is 5.41 Å². The van der Waals surface area contributed by atoms with Gasteiger partial charge in [0, 0.05) is 23.7 Å². The van der Waals surface area contributed by atoms with E-state index in [0.717, 1.165) is 35.0 Å². The van der Waals surface area contributed by atoms with Crippen molar-refractivity contribution in [2.75, 3.05) is 23.7 Å². The highest BCUT2D eigenvalue weighted by Gasteiger charge is 2.33. The fourth-order valence-corrected chi connectivity index (χ4v) is 3.86. The summed E-state index contributed by atoms with van der Waals surface area (Å²) in [5, 5.41) is 7.97. The maximum Gasteiger partial charge on any atom is 0.126 e. The number of hydrogen-bond acceptors (Lipinski definition) is 3. The van der Waals surface area contributed by atoms with Gasteiger partial charge >= 0.3 is 0 Å². The Hall–Kier alpha value is -1.16. The van der Waals surface area contributed by atoms with Crippen LogP contribution in [0, 0.1) is 16.7 Å². The summed E-state index contributed by atoms with van der Waals surface area (Å²) < 4.78 is 0. The van der Waals surface area contributed by atoms with E-state index in [1.54, 1.807) is 11.8 Å². The fourth-order valence-electron chi connectivity index (χ4n) is 3.02. The zero-order valence-corrected chi connectivity index (χ0v) is 14.4. The van der Waals surface area contributed by atoms with Crippen LogP contribution in [0.1, 0.15) is 39.7 Å². The first-order valence-corrected chi connectivity index (χ1v) is 8.68. The van der Waals surface area contributed by atoms with Crippen LogP contribution < -0.4 is 10.6 Å². The van der Waals surface area contributed by atoms with E-state index in [-0.39, 0.29) is 5.84 Å². The van der Waals surface area contributed by atoms with Crippen LogP contribution in [0.15, 0.2) is 23.1 Å². The van der Waals surface area contributed by atoms with Crippen LogP contribution in [0.4, 0.5) is 5.69 Å². The maximum absolute atomic E-state index is 7.97. The minimum Gasteiger partial charge on any atom is -0.384 e. The van der Waals surface area contributed by atoms with E-state index in [0.29, 0.717) is 11.3 Å². The van der Waals surface area contributed by atoms with Gasteiger partial charge < -0.3 is 10.6 Å². The van der Waals surface area contributed by atoms with E-state index in [1.165, 1.54) is 6.42 Å². The third-order valence-corrected chi connectivity index (χ3v) is 5.27. The molecule has 1 fully saturated rings. The lowest BCUT2D eigenvalue weighted by atomic mass is 9.80. The summed E-state index contributed by atoms with van der Waals surface area (Å²) in [5.41, 5.74) is 8.26. The van der Waals surface area contributed by atoms with E-state index < -0.39 is 0 Å². The molecule has 0 spiro atoms. The lowest BCUT2D eigenvalue weighted by molar-refractivity contribution is 0.263. The highest BCUT2D eigenvalue weighted by Crippen LogP contribution is 2.38. The highest BCUT2D eigenvalue weighted by molar-refractivity contribution is 7.99. The molecule has 0 saturated carbocycles. The van der Waals surface area contributed by atoms with Gasteiger partial charge in [0.15, 0.2) is 0 Å². The quantitative estimate of drug-likeness (QED) is 0.503.